The van der Waals surface area contributed by atoms with E-state index in [-0.39, 0.29) is 38.2 Å². The number of aromatic nitrogens is 2. The van der Waals surface area contributed by atoms with Gasteiger partial charge in [-0.25, -0.2) is 4.39 Å². The number of β-amino-alcohol motifs (C(OH)–C–C–N with tert-alkyl or cyclic N) is 1. The Bertz CT molecular complexity index is 1400. The fourth-order valence-corrected chi connectivity index (χ4v) is 7.77. The minimum atomic E-state index is -4.91. The molecule has 4 atom stereocenters. The molecule has 7 rings (SSSR count). The molecule has 3 N–H and O–H groups in total. The smallest absolute Gasteiger partial charge is 0.421 e. The maximum Gasteiger partial charge on any atom is 0.421 e. The summed E-state index contributed by atoms with van der Waals surface area (Å²) in [6, 6.07) is 5.86. The lowest BCUT2D eigenvalue weighted by Crippen LogP contribution is -2.55. The molecule has 13 heteroatoms. The molecule has 9 nitrogen and oxygen atoms in total. The van der Waals surface area contributed by atoms with Gasteiger partial charge in [-0.3, -0.25) is 4.90 Å². The number of hydrogen-bond acceptors (Lipinski definition) is 9. The van der Waals surface area contributed by atoms with Crippen LogP contribution in [-0.2, 0) is 34.5 Å². The van der Waals surface area contributed by atoms with E-state index in [1.807, 2.05) is 18.2 Å². The number of nitrogens with two attached hydrogens (primary N) is 1. The molecule has 2 aromatic rings. The molecule has 4 aliphatic heterocycles. The average molecular weight is 608 g/mol. The largest absolute Gasteiger partial charge is 0.461 e. The average Bonchev–Trinajstić information content (AvgIpc) is 3.40. The molecular formula is C30H37F4N5O4. The zero-order valence-electron chi connectivity index (χ0n) is 24.0. The first kappa shape index (κ1) is 29.0. The van der Waals surface area contributed by atoms with Gasteiger partial charge in [-0.05, 0) is 61.9 Å². The van der Waals surface area contributed by atoms with Crippen LogP contribution >= 0.6 is 0 Å². The Hall–Kier alpha value is -2.74. The highest BCUT2D eigenvalue weighted by molar-refractivity contribution is 5.54. The number of nitrogens with zero attached hydrogens (tertiary/aromatic N) is 4. The maximum absolute atomic E-state index is 14.4. The Labute approximate surface area is 247 Å². The summed E-state index contributed by atoms with van der Waals surface area (Å²) < 4.78 is 74.4. The second-order valence-corrected chi connectivity index (χ2v) is 12.9. The van der Waals surface area contributed by atoms with Gasteiger partial charge in [-0.15, -0.1) is 0 Å². The predicted molar refractivity (Wildman–Crippen MR) is 149 cm³/mol. The lowest BCUT2D eigenvalue weighted by molar-refractivity contribution is -0.267. The Kier molecular flexibility index (Phi) is 7.03. The van der Waals surface area contributed by atoms with Crippen LogP contribution in [0.2, 0.25) is 0 Å². The topological polar surface area (TPSA) is 106 Å². The minimum Gasteiger partial charge on any atom is -0.461 e. The van der Waals surface area contributed by atoms with E-state index in [1.165, 1.54) is 4.90 Å². The van der Waals surface area contributed by atoms with Crippen LogP contribution in [0.25, 0.3) is 0 Å². The van der Waals surface area contributed by atoms with Crippen molar-refractivity contribution in [2.75, 3.05) is 56.6 Å². The van der Waals surface area contributed by atoms with Gasteiger partial charge in [-0.2, -0.15) is 23.1 Å². The summed E-state index contributed by atoms with van der Waals surface area (Å²) in [5, 5.41) is 10.7. The third-order valence-electron chi connectivity index (χ3n) is 10.0. The number of fused-ring (bicyclic) bond motifs is 4. The third kappa shape index (κ3) is 5.01. The number of ether oxygens (including phenoxy) is 3. The summed E-state index contributed by atoms with van der Waals surface area (Å²) in [7, 11) is 0. The van der Waals surface area contributed by atoms with Crippen LogP contribution in [0.5, 0.6) is 6.01 Å². The Morgan fingerprint density at radius 1 is 1.16 bits per heavy atom. The van der Waals surface area contributed by atoms with Gasteiger partial charge in [0.2, 0.25) is 5.60 Å². The van der Waals surface area contributed by atoms with E-state index >= 15 is 0 Å². The quantitative estimate of drug-likeness (QED) is 0.400. The molecule has 5 heterocycles. The van der Waals surface area contributed by atoms with Crippen molar-refractivity contribution in [2.45, 2.75) is 80.6 Å². The van der Waals surface area contributed by atoms with Crippen molar-refractivity contribution in [1.29, 1.82) is 0 Å². The first-order valence-corrected chi connectivity index (χ1v) is 15.1. The number of hydrogen-bond donors (Lipinski definition) is 2. The fourth-order valence-electron chi connectivity index (χ4n) is 7.77. The van der Waals surface area contributed by atoms with E-state index in [4.69, 9.17) is 24.9 Å². The number of alkyl halides is 4. The molecule has 1 aromatic heterocycles. The third-order valence-corrected chi connectivity index (χ3v) is 10.0. The second-order valence-electron chi connectivity index (χ2n) is 12.9. The van der Waals surface area contributed by atoms with Crippen LogP contribution in [0.3, 0.4) is 0 Å². The molecule has 1 aliphatic carbocycles. The van der Waals surface area contributed by atoms with Crippen molar-refractivity contribution < 1.29 is 36.9 Å². The predicted octanol–water partition coefficient (Wildman–Crippen LogP) is 3.45. The van der Waals surface area contributed by atoms with E-state index in [2.05, 4.69) is 9.88 Å². The zero-order chi connectivity index (χ0) is 30.0. The SMILES string of the molecule is Nc1ccc2c(c1)C1(CCC2)Cc2nc(OCC34CCCN3CC(F)C4)nc(N3CCOCC(O)(C(F)(F)F)C3)c2CO1. The van der Waals surface area contributed by atoms with E-state index in [0.29, 0.717) is 36.3 Å². The van der Waals surface area contributed by atoms with Crippen LogP contribution < -0.4 is 15.4 Å². The molecule has 4 unspecified atom stereocenters. The second kappa shape index (κ2) is 10.4. The number of anilines is 2. The summed E-state index contributed by atoms with van der Waals surface area (Å²) in [5.74, 6) is 0.224. The Morgan fingerprint density at radius 2 is 2.02 bits per heavy atom. The first-order valence-electron chi connectivity index (χ1n) is 15.1. The van der Waals surface area contributed by atoms with Crippen LogP contribution in [0.4, 0.5) is 29.1 Å². The van der Waals surface area contributed by atoms with Gasteiger partial charge in [0, 0.05) is 37.2 Å². The van der Waals surface area contributed by atoms with Crippen LogP contribution in [0.15, 0.2) is 18.2 Å². The number of rotatable bonds is 4. The molecule has 1 spiro atoms. The Balaban J connectivity index is 1.27. The molecule has 0 bridgehead atoms. The monoisotopic (exact) mass is 607 g/mol. The number of nitrogen functional groups attached to an aromatic ring is 1. The van der Waals surface area contributed by atoms with Gasteiger partial charge in [0.25, 0.3) is 0 Å². The maximum atomic E-state index is 14.4. The number of halogens is 4. The van der Waals surface area contributed by atoms with Gasteiger partial charge < -0.3 is 30.0 Å². The summed E-state index contributed by atoms with van der Waals surface area (Å²) in [6.07, 6.45) is -0.847. The lowest BCUT2D eigenvalue weighted by atomic mass is 9.74. The highest BCUT2D eigenvalue weighted by atomic mass is 19.4. The van der Waals surface area contributed by atoms with E-state index in [1.54, 1.807) is 0 Å². The molecule has 3 saturated heterocycles. The van der Waals surface area contributed by atoms with E-state index < -0.39 is 42.2 Å². The highest BCUT2D eigenvalue weighted by Gasteiger charge is 2.56. The summed E-state index contributed by atoms with van der Waals surface area (Å²) in [6.45, 7) is -0.161. The van der Waals surface area contributed by atoms with E-state index in [9.17, 15) is 22.7 Å². The van der Waals surface area contributed by atoms with Crippen LogP contribution in [-0.4, -0.2) is 89.5 Å². The molecular weight excluding hydrogens is 570 g/mol. The molecule has 0 saturated carbocycles. The molecule has 3 fully saturated rings. The van der Waals surface area contributed by atoms with Gasteiger partial charge in [-0.1, -0.05) is 6.07 Å². The standard InChI is InChI=1S/C30H37F4N5O4/c31-20-12-27(6-2-8-39(27)14-20)17-42-26-36-24-13-28(7-1-3-19-4-5-21(35)11-23(19)28)43-15-22(24)25(37-26)38-9-10-41-18-29(40,16-38)30(32,33)34/h4-5,11,20,40H,1-3,6-10,12-18,35H2. The fraction of sp³-hybridized carbons (Fsp3) is 0.667. The summed E-state index contributed by atoms with van der Waals surface area (Å²) >= 11 is 0. The van der Waals surface area contributed by atoms with Crippen molar-refractivity contribution in [3.05, 3.63) is 40.6 Å². The van der Waals surface area contributed by atoms with Gasteiger partial charge in [0.1, 0.15) is 18.6 Å². The summed E-state index contributed by atoms with van der Waals surface area (Å²) in [4.78, 5) is 13.0. The molecule has 234 valence electrons. The van der Waals surface area contributed by atoms with Gasteiger partial charge >= 0.3 is 12.2 Å². The molecule has 5 aliphatic rings. The number of aliphatic hydroxyl groups is 1. The number of aryl methyl sites for hydroxylation is 1. The highest BCUT2D eigenvalue weighted by Crippen LogP contribution is 2.47. The van der Waals surface area contributed by atoms with Gasteiger partial charge in [0.15, 0.2) is 0 Å². The Morgan fingerprint density at radius 3 is 2.86 bits per heavy atom. The van der Waals surface area contributed by atoms with Crippen molar-refractivity contribution in [3.8, 4) is 6.01 Å². The van der Waals surface area contributed by atoms with E-state index in [0.717, 1.165) is 49.8 Å². The minimum absolute atomic E-state index is 0.0265. The zero-order valence-corrected chi connectivity index (χ0v) is 24.0. The van der Waals surface area contributed by atoms with Crippen molar-refractivity contribution in [1.82, 2.24) is 14.9 Å². The van der Waals surface area contributed by atoms with Crippen LogP contribution in [0.1, 0.15) is 54.5 Å². The van der Waals surface area contributed by atoms with Crippen LogP contribution in [0, 0.1) is 0 Å². The molecule has 1 aromatic carbocycles. The normalized spacial score (nSPS) is 32.8. The van der Waals surface area contributed by atoms with Crippen molar-refractivity contribution >= 4 is 11.5 Å². The van der Waals surface area contributed by atoms with Gasteiger partial charge in [0.05, 0.1) is 43.2 Å². The first-order chi connectivity index (χ1) is 20.5. The van der Waals surface area contributed by atoms with Crippen molar-refractivity contribution in [3.63, 3.8) is 0 Å². The molecule has 0 radical (unpaired) electrons. The molecule has 0 amide bonds. The summed E-state index contributed by atoms with van der Waals surface area (Å²) in [5.41, 5.74) is 5.91. The van der Waals surface area contributed by atoms with Crippen molar-refractivity contribution in [2.24, 2.45) is 0 Å². The number of benzene rings is 1. The molecule has 43 heavy (non-hydrogen) atoms. The lowest BCUT2D eigenvalue weighted by Gasteiger charge is -2.43.